The smallest absolute Gasteiger partial charge is 0.252 e. The number of fused-ring (bicyclic) bond motifs is 20. The quantitative estimate of drug-likeness (QED) is 0.0883. The van der Waals surface area contributed by atoms with Crippen molar-refractivity contribution in [3.05, 3.63) is 568 Å². The van der Waals surface area contributed by atoms with Crippen LogP contribution in [0.25, 0.3) is 33.0 Å². The first kappa shape index (κ1) is 82.1. The molecular weight excluding hydrogens is 1710 g/mol. The highest BCUT2D eigenvalue weighted by Gasteiger charge is 2.54. The average molecular weight is 1800 g/mol. The van der Waals surface area contributed by atoms with Crippen molar-refractivity contribution < 1.29 is 0 Å². The lowest BCUT2D eigenvalue weighted by Gasteiger charge is -2.47. The molecule has 22 aromatic rings. The standard InChI is InChI=1S/C78H54B2N6.C53H36N2/c1-9-29-55(30-10-1)81(56-31-11-2-12-32-56)63-49-73-77-75(51-63)85(61-41-21-7-22-42-61)71-54-72-68(53-67(71)79(77)65-45-25-27-47-69(65)83(73)59-37-17-5-18-38-59)80-66-46-26-28-48-70(66)84(60-39-19-6-20-40-60)74-50-64(52-76(78(74)80)86(72)62-43-23-8-24-44-62)82(57-33-13-3-14-34-57)58-35-15-4-16-36-58;1-5-19-37(20-6-1)54(38-21-7-2-8-22-38)41-33-34-46-49(35-41)53(47-31-17-15-27-42(47)43-28-16-18-32-48(43)53)50-36-51(44-29-13-14-30-45(44)52(46)50)55(39-23-9-3-10-24-39)40-25-11-4-12-26-40/h1-54H;1-36H. The van der Waals surface area contributed by atoms with E-state index in [4.69, 9.17) is 0 Å². The van der Waals surface area contributed by atoms with E-state index < -0.39 is 5.41 Å². The summed E-state index contributed by atoms with van der Waals surface area (Å²) < 4.78 is 0. The largest absolute Gasteiger partial charge is 0.311 e. The maximum absolute atomic E-state index is 2.62. The van der Waals surface area contributed by atoms with Crippen LogP contribution in [-0.4, -0.2) is 13.4 Å². The summed E-state index contributed by atoms with van der Waals surface area (Å²) in [6, 6.07) is 200. The molecule has 2 aliphatic carbocycles. The molecule has 0 fully saturated rings. The van der Waals surface area contributed by atoms with Gasteiger partial charge < -0.3 is 39.2 Å². The molecule has 0 amide bonds. The lowest BCUT2D eigenvalue weighted by Crippen LogP contribution is -2.65. The molecule has 1 spiro atoms. The van der Waals surface area contributed by atoms with Crippen LogP contribution in [0, 0.1) is 0 Å². The minimum atomic E-state index is -0.551. The monoisotopic (exact) mass is 1800 g/mol. The maximum Gasteiger partial charge on any atom is 0.252 e. The lowest BCUT2D eigenvalue weighted by atomic mass is 9.30. The topological polar surface area (TPSA) is 25.9 Å². The molecule has 0 saturated carbocycles. The Labute approximate surface area is 822 Å². The average Bonchev–Trinajstić information content (AvgIpc) is 1.54. The van der Waals surface area contributed by atoms with Gasteiger partial charge in [0.05, 0.1) is 22.5 Å². The number of rotatable bonds is 16. The van der Waals surface area contributed by atoms with Crippen LogP contribution in [0.3, 0.4) is 0 Å². The van der Waals surface area contributed by atoms with Crippen LogP contribution in [0.4, 0.5) is 136 Å². The molecule has 10 heteroatoms. The Morgan fingerprint density at radius 3 is 0.801 bits per heavy atom. The third-order valence-corrected chi connectivity index (χ3v) is 29.3. The molecule has 0 aromatic heterocycles. The van der Waals surface area contributed by atoms with Gasteiger partial charge in [0, 0.05) is 125 Å². The summed E-state index contributed by atoms with van der Waals surface area (Å²) in [6.07, 6.45) is 0. The van der Waals surface area contributed by atoms with Gasteiger partial charge in [0.1, 0.15) is 0 Å². The van der Waals surface area contributed by atoms with E-state index >= 15 is 0 Å². The Morgan fingerprint density at radius 2 is 0.447 bits per heavy atom. The molecule has 660 valence electrons. The van der Waals surface area contributed by atoms with Gasteiger partial charge >= 0.3 is 0 Å². The Bertz CT molecular complexity index is 8020. The van der Waals surface area contributed by atoms with Gasteiger partial charge in [-0.3, -0.25) is 0 Å². The van der Waals surface area contributed by atoms with E-state index in [0.717, 1.165) is 136 Å². The van der Waals surface area contributed by atoms with Gasteiger partial charge in [0.15, 0.2) is 0 Å². The SMILES string of the molecule is c1ccc(N(c2ccccc2)c2cc3c4c(c2)N(c2ccccc2)c2cc5c(cc2B4c2ccccc2N3c2ccccc2)B2c3ccccc3N(c3ccccc3)c3cc(N(c4ccccc4)c4ccccc4)cc(c32)N5c2ccccc2)cc1.c1ccc(N(c2ccccc2)c2ccc3c(c2)C2(c4ccccc4-c4ccccc42)c2cc(N(c4ccccc4)c4ccccc4)c4ccccc4c2-3)cc1. The van der Waals surface area contributed by atoms with Crippen molar-refractivity contribution in [3.8, 4) is 22.3 Å². The van der Waals surface area contributed by atoms with Crippen LogP contribution >= 0.6 is 0 Å². The Balaban J connectivity index is 0.000000156. The van der Waals surface area contributed by atoms with Crippen LogP contribution in [-0.2, 0) is 5.41 Å². The van der Waals surface area contributed by atoms with E-state index in [9.17, 15) is 0 Å². The molecule has 0 bridgehead atoms. The van der Waals surface area contributed by atoms with Crippen molar-refractivity contribution in [3.63, 3.8) is 0 Å². The van der Waals surface area contributed by atoms with E-state index in [-0.39, 0.29) is 13.4 Å². The lowest BCUT2D eigenvalue weighted by molar-refractivity contribution is 0.794. The first-order chi connectivity index (χ1) is 70.1. The first-order valence-corrected chi connectivity index (χ1v) is 48.7. The minimum absolute atomic E-state index is 0.147. The Hall–Kier alpha value is -18.4. The first-order valence-electron chi connectivity index (χ1n) is 48.7. The number of para-hydroxylation sites is 14. The highest BCUT2D eigenvalue weighted by molar-refractivity contribution is 7.03. The van der Waals surface area contributed by atoms with E-state index in [2.05, 4.69) is 585 Å². The molecule has 8 nitrogen and oxygen atoms in total. The molecule has 0 saturated heterocycles. The van der Waals surface area contributed by atoms with Crippen molar-refractivity contribution >= 4 is 193 Å². The van der Waals surface area contributed by atoms with Crippen LogP contribution in [0.5, 0.6) is 0 Å². The predicted molar refractivity (Wildman–Crippen MR) is 593 cm³/mol. The van der Waals surface area contributed by atoms with Crippen LogP contribution < -0.4 is 72.0 Å². The number of benzene rings is 22. The van der Waals surface area contributed by atoms with Gasteiger partial charge in [-0.2, -0.15) is 0 Å². The second-order valence-corrected chi connectivity index (χ2v) is 36.9. The minimum Gasteiger partial charge on any atom is -0.311 e. The third-order valence-electron chi connectivity index (χ3n) is 29.3. The molecule has 0 N–H and O–H groups in total. The summed E-state index contributed by atoms with van der Waals surface area (Å²) in [5.41, 5.74) is 44.2. The molecule has 4 heterocycles. The number of anilines is 24. The summed E-state index contributed by atoms with van der Waals surface area (Å²) in [7, 11) is 0. The summed E-state index contributed by atoms with van der Waals surface area (Å²) in [5.74, 6) is 0. The number of hydrogen-bond acceptors (Lipinski definition) is 8. The summed E-state index contributed by atoms with van der Waals surface area (Å²) in [6.45, 7) is -0.295. The van der Waals surface area contributed by atoms with Crippen molar-refractivity contribution in [2.75, 3.05) is 39.2 Å². The van der Waals surface area contributed by atoms with Crippen molar-refractivity contribution in [1.82, 2.24) is 0 Å². The van der Waals surface area contributed by atoms with Gasteiger partial charge in [-0.15, -0.1) is 0 Å². The summed E-state index contributed by atoms with van der Waals surface area (Å²) in [5, 5.41) is 2.47. The zero-order valence-electron chi connectivity index (χ0n) is 77.2. The highest BCUT2D eigenvalue weighted by Crippen LogP contribution is 2.66. The Morgan fingerprint density at radius 1 is 0.163 bits per heavy atom. The van der Waals surface area contributed by atoms with E-state index in [1.54, 1.807) is 0 Å². The van der Waals surface area contributed by atoms with Gasteiger partial charge in [-0.1, -0.05) is 340 Å². The van der Waals surface area contributed by atoms with Crippen molar-refractivity contribution in [2.45, 2.75) is 5.41 Å². The second kappa shape index (κ2) is 34.2. The van der Waals surface area contributed by atoms with E-state index in [1.807, 2.05) is 0 Å². The maximum atomic E-state index is 2.62. The number of nitrogens with zero attached hydrogens (tertiary/aromatic N) is 8. The predicted octanol–water partition coefficient (Wildman–Crippen LogP) is 30.9. The van der Waals surface area contributed by atoms with Crippen molar-refractivity contribution in [1.29, 1.82) is 0 Å². The molecule has 6 aliphatic rings. The van der Waals surface area contributed by atoms with Crippen LogP contribution in [0.1, 0.15) is 22.3 Å². The van der Waals surface area contributed by atoms with E-state index in [1.165, 1.54) is 88.1 Å². The summed E-state index contributed by atoms with van der Waals surface area (Å²) in [4.78, 5) is 19.8. The van der Waals surface area contributed by atoms with Gasteiger partial charge in [0.25, 0.3) is 13.4 Å². The fourth-order valence-corrected chi connectivity index (χ4v) is 23.7. The van der Waals surface area contributed by atoms with E-state index in [0.29, 0.717) is 0 Å². The normalized spacial score (nSPS) is 12.9. The van der Waals surface area contributed by atoms with Crippen LogP contribution in [0.15, 0.2) is 546 Å². The number of hydrogen-bond donors (Lipinski definition) is 0. The fourth-order valence-electron chi connectivity index (χ4n) is 23.7. The molecule has 0 radical (unpaired) electrons. The van der Waals surface area contributed by atoms with Gasteiger partial charge in [0.2, 0.25) is 0 Å². The van der Waals surface area contributed by atoms with Gasteiger partial charge in [-0.25, -0.2) is 0 Å². The molecule has 4 aliphatic heterocycles. The molecule has 141 heavy (non-hydrogen) atoms. The Kier molecular flexibility index (Phi) is 19.9. The molecular formula is C131H90B2N8. The summed E-state index contributed by atoms with van der Waals surface area (Å²) >= 11 is 0. The zero-order valence-corrected chi connectivity index (χ0v) is 77.2. The third kappa shape index (κ3) is 13.3. The molecule has 0 unspecified atom stereocenters. The van der Waals surface area contributed by atoms with Crippen LogP contribution in [0.2, 0.25) is 0 Å². The fraction of sp³-hybridized carbons (Fsp3) is 0.00763. The zero-order chi connectivity index (χ0) is 93.0. The second-order valence-electron chi connectivity index (χ2n) is 36.9. The molecule has 28 rings (SSSR count). The van der Waals surface area contributed by atoms with Crippen molar-refractivity contribution in [2.24, 2.45) is 0 Å². The van der Waals surface area contributed by atoms with Gasteiger partial charge in [-0.05, 0) is 289 Å². The highest BCUT2D eigenvalue weighted by atomic mass is 15.2. The molecule has 0 atom stereocenters. The molecule has 22 aromatic carbocycles.